The number of hydrogen-bond donors (Lipinski definition) is 0. The molecule has 0 spiro atoms. The number of amides is 1. The van der Waals surface area contributed by atoms with E-state index in [1.54, 1.807) is 36.5 Å². The van der Waals surface area contributed by atoms with Crippen molar-refractivity contribution in [2.45, 2.75) is 6.54 Å². The first-order valence-corrected chi connectivity index (χ1v) is 9.67. The SMILES string of the molecule is O=C(c1ccc([N+](=O)[O-])s1)N(Cc1ccccn1)c1nc2c(F)cccc2s1. The molecule has 0 bridgehead atoms. The second-order valence-electron chi connectivity index (χ2n) is 5.69. The van der Waals surface area contributed by atoms with Crippen molar-refractivity contribution >= 4 is 48.9 Å². The maximum atomic E-state index is 14.1. The lowest BCUT2D eigenvalue weighted by Gasteiger charge is -2.18. The van der Waals surface area contributed by atoms with Gasteiger partial charge in [-0.3, -0.25) is 24.8 Å². The molecule has 4 rings (SSSR count). The zero-order valence-electron chi connectivity index (χ0n) is 14.1. The number of hydrogen-bond acceptors (Lipinski definition) is 7. The third-order valence-corrected chi connectivity index (χ3v) is 5.93. The summed E-state index contributed by atoms with van der Waals surface area (Å²) in [6.07, 6.45) is 1.60. The summed E-state index contributed by atoms with van der Waals surface area (Å²) >= 11 is 1.96. The fourth-order valence-corrected chi connectivity index (χ4v) is 4.32. The van der Waals surface area contributed by atoms with Crippen molar-refractivity contribution in [1.29, 1.82) is 0 Å². The Morgan fingerprint density at radius 3 is 2.68 bits per heavy atom. The Balaban J connectivity index is 1.77. The van der Waals surface area contributed by atoms with Crippen LogP contribution in [0.5, 0.6) is 0 Å². The van der Waals surface area contributed by atoms with Gasteiger partial charge < -0.3 is 0 Å². The maximum absolute atomic E-state index is 14.1. The Kier molecular flexibility index (Phi) is 4.80. The highest BCUT2D eigenvalue weighted by molar-refractivity contribution is 7.22. The molecule has 0 saturated carbocycles. The number of thiazole rings is 1. The first-order valence-electron chi connectivity index (χ1n) is 8.04. The molecule has 7 nitrogen and oxygen atoms in total. The molecule has 0 unspecified atom stereocenters. The highest BCUT2D eigenvalue weighted by Crippen LogP contribution is 2.33. The number of rotatable bonds is 5. The van der Waals surface area contributed by atoms with Gasteiger partial charge in [-0.25, -0.2) is 9.37 Å². The summed E-state index contributed by atoms with van der Waals surface area (Å²) in [4.78, 5) is 33.6. The van der Waals surface area contributed by atoms with E-state index in [9.17, 15) is 19.3 Å². The summed E-state index contributed by atoms with van der Waals surface area (Å²) in [6.45, 7) is 0.104. The van der Waals surface area contributed by atoms with E-state index in [0.717, 1.165) is 11.3 Å². The van der Waals surface area contributed by atoms with Gasteiger partial charge in [-0.2, -0.15) is 0 Å². The predicted molar refractivity (Wildman–Crippen MR) is 105 cm³/mol. The van der Waals surface area contributed by atoms with Crippen molar-refractivity contribution in [3.05, 3.63) is 81.2 Å². The molecule has 3 aromatic heterocycles. The van der Waals surface area contributed by atoms with Crippen LogP contribution in [-0.4, -0.2) is 20.8 Å². The van der Waals surface area contributed by atoms with E-state index in [-0.39, 0.29) is 21.9 Å². The molecule has 1 aromatic carbocycles. The topological polar surface area (TPSA) is 89.2 Å². The van der Waals surface area contributed by atoms with Gasteiger partial charge in [0.1, 0.15) is 11.3 Å². The highest BCUT2D eigenvalue weighted by atomic mass is 32.1. The zero-order chi connectivity index (χ0) is 19.7. The molecular formula is C18H11FN4O3S2. The quantitative estimate of drug-likeness (QED) is 0.350. The summed E-state index contributed by atoms with van der Waals surface area (Å²) in [6, 6.07) is 12.6. The Hall–Kier alpha value is -3.24. The van der Waals surface area contributed by atoms with Crippen LogP contribution in [-0.2, 0) is 6.54 Å². The fourth-order valence-electron chi connectivity index (χ4n) is 2.57. The van der Waals surface area contributed by atoms with Gasteiger partial charge in [0.25, 0.3) is 5.91 Å². The molecule has 0 aliphatic heterocycles. The third-order valence-electron chi connectivity index (χ3n) is 3.86. The largest absolute Gasteiger partial charge is 0.324 e. The predicted octanol–water partition coefficient (Wildman–Crippen LogP) is 4.65. The van der Waals surface area contributed by atoms with E-state index >= 15 is 0 Å². The Morgan fingerprint density at radius 2 is 2.00 bits per heavy atom. The number of benzene rings is 1. The molecular weight excluding hydrogens is 403 g/mol. The molecule has 28 heavy (non-hydrogen) atoms. The third kappa shape index (κ3) is 3.47. The molecule has 10 heteroatoms. The van der Waals surface area contributed by atoms with Gasteiger partial charge in [-0.1, -0.05) is 34.8 Å². The number of thiophene rings is 1. The lowest BCUT2D eigenvalue weighted by molar-refractivity contribution is -0.380. The first-order chi connectivity index (χ1) is 13.5. The monoisotopic (exact) mass is 414 g/mol. The van der Waals surface area contributed by atoms with Crippen LogP contribution in [0.2, 0.25) is 0 Å². The number of fused-ring (bicyclic) bond motifs is 1. The summed E-state index contributed by atoms with van der Waals surface area (Å²) in [7, 11) is 0. The molecule has 0 aliphatic carbocycles. The second kappa shape index (κ2) is 7.41. The molecule has 140 valence electrons. The van der Waals surface area contributed by atoms with Gasteiger partial charge in [-0.15, -0.1) is 0 Å². The molecule has 0 aliphatic rings. The summed E-state index contributed by atoms with van der Waals surface area (Å²) in [5.41, 5.74) is 0.792. The normalized spacial score (nSPS) is 10.9. The number of halogens is 1. The molecule has 3 heterocycles. The van der Waals surface area contributed by atoms with Crippen molar-refractivity contribution in [2.75, 3.05) is 4.90 Å². The van der Waals surface area contributed by atoms with Crippen molar-refractivity contribution in [3.8, 4) is 0 Å². The van der Waals surface area contributed by atoms with E-state index in [1.807, 2.05) is 0 Å². The van der Waals surface area contributed by atoms with Crippen LogP contribution in [0.3, 0.4) is 0 Å². The molecule has 0 radical (unpaired) electrons. The lowest BCUT2D eigenvalue weighted by atomic mass is 10.3. The number of para-hydroxylation sites is 1. The fraction of sp³-hybridized carbons (Fsp3) is 0.0556. The molecule has 0 N–H and O–H groups in total. The molecule has 0 fully saturated rings. The molecule has 1 amide bonds. The average Bonchev–Trinajstić information content (AvgIpc) is 3.34. The molecule has 4 aromatic rings. The van der Waals surface area contributed by atoms with E-state index in [2.05, 4.69) is 9.97 Å². The van der Waals surface area contributed by atoms with Crippen LogP contribution >= 0.6 is 22.7 Å². The number of aromatic nitrogens is 2. The second-order valence-corrected chi connectivity index (χ2v) is 7.76. The summed E-state index contributed by atoms with van der Waals surface area (Å²) in [5.74, 6) is -0.930. The van der Waals surface area contributed by atoms with Gasteiger partial charge in [-0.05, 0) is 30.3 Å². The van der Waals surface area contributed by atoms with Gasteiger partial charge in [0.15, 0.2) is 5.13 Å². The van der Waals surface area contributed by atoms with Gasteiger partial charge >= 0.3 is 5.00 Å². The summed E-state index contributed by atoms with van der Waals surface area (Å²) in [5, 5.41) is 11.1. The number of carbonyl (C=O) groups excluding carboxylic acids is 1. The van der Waals surface area contributed by atoms with E-state index < -0.39 is 16.6 Å². The Bertz CT molecular complexity index is 1180. The number of nitro groups is 1. The smallest absolute Gasteiger partial charge is 0.277 e. The highest BCUT2D eigenvalue weighted by Gasteiger charge is 2.25. The molecule has 0 saturated heterocycles. The average molecular weight is 414 g/mol. The van der Waals surface area contributed by atoms with Crippen LogP contribution in [0.25, 0.3) is 10.2 Å². The minimum absolute atomic E-state index is 0.104. The maximum Gasteiger partial charge on any atom is 0.324 e. The van der Waals surface area contributed by atoms with Crippen molar-refractivity contribution in [2.24, 2.45) is 0 Å². The Morgan fingerprint density at radius 1 is 1.14 bits per heavy atom. The Labute approximate surface area is 165 Å². The van der Waals surface area contributed by atoms with Crippen LogP contribution in [0.15, 0.2) is 54.7 Å². The first kappa shape index (κ1) is 18.1. The van der Waals surface area contributed by atoms with Gasteiger partial charge in [0.2, 0.25) is 0 Å². The van der Waals surface area contributed by atoms with Crippen LogP contribution in [0.1, 0.15) is 15.4 Å². The standard InChI is InChI=1S/C18H11FN4O3S2/c19-12-5-3-6-13-16(12)21-18(28-13)22(10-11-4-1-2-9-20-11)17(24)14-7-8-15(27-14)23(25)26/h1-9H,10H2. The van der Waals surface area contributed by atoms with Gasteiger partial charge in [0.05, 0.1) is 26.7 Å². The summed E-state index contributed by atoms with van der Waals surface area (Å²) < 4.78 is 14.7. The van der Waals surface area contributed by atoms with Crippen LogP contribution < -0.4 is 4.90 Å². The molecule has 0 atom stereocenters. The van der Waals surface area contributed by atoms with E-state index in [4.69, 9.17) is 0 Å². The van der Waals surface area contributed by atoms with E-state index in [0.29, 0.717) is 15.5 Å². The minimum Gasteiger partial charge on any atom is -0.277 e. The number of carbonyl (C=O) groups is 1. The minimum atomic E-state index is -0.544. The van der Waals surface area contributed by atoms with Crippen LogP contribution in [0.4, 0.5) is 14.5 Å². The van der Waals surface area contributed by atoms with E-state index in [1.165, 1.54) is 34.4 Å². The number of pyridine rings is 1. The zero-order valence-corrected chi connectivity index (χ0v) is 15.7. The number of nitrogens with zero attached hydrogens (tertiary/aromatic N) is 4. The number of anilines is 1. The van der Waals surface area contributed by atoms with Crippen molar-refractivity contribution in [1.82, 2.24) is 9.97 Å². The van der Waals surface area contributed by atoms with Crippen LogP contribution in [0, 0.1) is 15.9 Å². The lowest BCUT2D eigenvalue weighted by Crippen LogP contribution is -2.30. The van der Waals surface area contributed by atoms with Gasteiger partial charge in [0, 0.05) is 12.3 Å². The van der Waals surface area contributed by atoms with Crippen molar-refractivity contribution < 1.29 is 14.1 Å². The van der Waals surface area contributed by atoms with Crippen molar-refractivity contribution in [3.63, 3.8) is 0 Å².